The van der Waals surface area contributed by atoms with Crippen LogP contribution >= 0.6 is 23.1 Å². The predicted octanol–water partition coefficient (Wildman–Crippen LogP) is 3.33. The van der Waals surface area contributed by atoms with Gasteiger partial charge in [-0.05, 0) is 18.3 Å². The number of rotatable bonds is 3. The number of nitrogens with zero attached hydrogens (tertiary/aromatic N) is 2. The lowest BCUT2D eigenvalue weighted by atomic mass is 9.75. The third-order valence-electron chi connectivity index (χ3n) is 4.09. The number of aliphatic imine (C=N–C) groups is 1. The van der Waals surface area contributed by atoms with Gasteiger partial charge in [-0.15, -0.1) is 11.3 Å². The van der Waals surface area contributed by atoms with E-state index in [4.69, 9.17) is 4.99 Å². The molecule has 3 rings (SSSR count). The first-order valence-corrected chi connectivity index (χ1v) is 9.02. The van der Waals surface area contributed by atoms with Crippen LogP contribution in [0, 0.1) is 5.41 Å². The fourth-order valence-electron chi connectivity index (χ4n) is 2.92. The lowest BCUT2D eigenvalue weighted by molar-refractivity contribution is 0.232. The molecule has 1 fully saturated rings. The van der Waals surface area contributed by atoms with Gasteiger partial charge < -0.3 is 5.32 Å². The van der Waals surface area contributed by atoms with Crippen molar-refractivity contribution < 1.29 is 0 Å². The van der Waals surface area contributed by atoms with E-state index in [1.54, 1.807) is 11.3 Å². The molecule has 0 atom stereocenters. The monoisotopic (exact) mass is 295 g/mol. The molecule has 0 unspecified atom stereocenters. The minimum absolute atomic E-state index is 0.531. The first kappa shape index (κ1) is 13.4. The second kappa shape index (κ2) is 6.27. The van der Waals surface area contributed by atoms with Crippen molar-refractivity contribution in [2.45, 2.75) is 38.5 Å². The topological polar surface area (TPSA) is 37.3 Å². The Hall–Kier alpha value is -0.550. The Balaban J connectivity index is 1.45. The van der Waals surface area contributed by atoms with Crippen molar-refractivity contribution >= 4 is 28.3 Å². The molecule has 3 nitrogen and oxygen atoms in total. The average Bonchev–Trinajstić information content (AvgIpc) is 2.96. The van der Waals surface area contributed by atoms with Crippen LogP contribution in [-0.2, 0) is 6.42 Å². The number of thiazole rings is 1. The fraction of sp³-hybridized carbons (Fsp3) is 0.714. The Kier molecular flexibility index (Phi) is 4.43. The summed E-state index contributed by atoms with van der Waals surface area (Å²) >= 11 is 3.66. The standard InChI is InChI=1S/C14H21N3S2/c1-2-5-14(6-3-1)10-17-13(19-11-14)16-7-4-12-15-8-9-18-12/h8-9H,1-7,10-11H2,(H,16,17). The van der Waals surface area contributed by atoms with E-state index in [-0.39, 0.29) is 0 Å². The minimum Gasteiger partial charge on any atom is -0.365 e. The summed E-state index contributed by atoms with van der Waals surface area (Å²) in [5, 5.41) is 7.85. The number of aromatic nitrogens is 1. The van der Waals surface area contributed by atoms with Gasteiger partial charge in [0.05, 0.1) is 5.01 Å². The highest BCUT2D eigenvalue weighted by molar-refractivity contribution is 8.13. The largest absolute Gasteiger partial charge is 0.365 e. The lowest BCUT2D eigenvalue weighted by Gasteiger charge is -2.38. The van der Waals surface area contributed by atoms with Crippen molar-refractivity contribution in [2.24, 2.45) is 10.4 Å². The first-order valence-electron chi connectivity index (χ1n) is 7.16. The van der Waals surface area contributed by atoms with Crippen LogP contribution in [0.15, 0.2) is 16.6 Å². The fourth-order valence-corrected chi connectivity index (χ4v) is 4.72. The third kappa shape index (κ3) is 3.51. The maximum Gasteiger partial charge on any atom is 0.156 e. The summed E-state index contributed by atoms with van der Waals surface area (Å²) in [4.78, 5) is 9.08. The minimum atomic E-state index is 0.531. The van der Waals surface area contributed by atoms with Crippen molar-refractivity contribution in [3.05, 3.63) is 16.6 Å². The molecule has 2 aliphatic rings. The highest BCUT2D eigenvalue weighted by atomic mass is 32.2. The van der Waals surface area contributed by atoms with E-state index in [0.717, 1.165) is 24.7 Å². The van der Waals surface area contributed by atoms with Gasteiger partial charge in [-0.2, -0.15) is 0 Å². The van der Waals surface area contributed by atoms with E-state index in [1.165, 1.54) is 42.9 Å². The molecule has 0 aromatic carbocycles. The quantitative estimate of drug-likeness (QED) is 0.929. The van der Waals surface area contributed by atoms with E-state index in [0.29, 0.717) is 5.41 Å². The van der Waals surface area contributed by atoms with Gasteiger partial charge in [-0.25, -0.2) is 4.98 Å². The highest BCUT2D eigenvalue weighted by Crippen LogP contribution is 2.41. The normalized spacial score (nSPS) is 22.2. The van der Waals surface area contributed by atoms with Gasteiger partial charge >= 0.3 is 0 Å². The molecule has 1 N–H and O–H groups in total. The predicted molar refractivity (Wildman–Crippen MR) is 84.1 cm³/mol. The van der Waals surface area contributed by atoms with E-state index in [9.17, 15) is 0 Å². The lowest BCUT2D eigenvalue weighted by Crippen LogP contribution is -2.37. The summed E-state index contributed by atoms with van der Waals surface area (Å²) in [6.07, 6.45) is 9.88. The summed E-state index contributed by atoms with van der Waals surface area (Å²) in [6.45, 7) is 1.99. The van der Waals surface area contributed by atoms with Gasteiger partial charge in [0.25, 0.3) is 0 Å². The third-order valence-corrected chi connectivity index (χ3v) is 6.23. The number of amidine groups is 1. The SMILES string of the molecule is c1csc(CCNC2=NCC3(CCCCC3)CS2)n1. The zero-order valence-electron chi connectivity index (χ0n) is 11.2. The van der Waals surface area contributed by atoms with Gasteiger partial charge in [0.15, 0.2) is 5.17 Å². The maximum absolute atomic E-state index is 4.78. The summed E-state index contributed by atoms with van der Waals surface area (Å²) in [5.41, 5.74) is 0.531. The average molecular weight is 295 g/mol. The summed E-state index contributed by atoms with van der Waals surface area (Å²) < 4.78 is 0. The molecule has 2 heterocycles. The second-order valence-corrected chi connectivity index (χ2v) is 7.52. The van der Waals surface area contributed by atoms with Crippen LogP contribution in [-0.4, -0.2) is 29.0 Å². The van der Waals surface area contributed by atoms with Gasteiger partial charge in [-0.1, -0.05) is 31.0 Å². The zero-order chi connectivity index (χ0) is 13.0. The summed E-state index contributed by atoms with van der Waals surface area (Å²) in [5.74, 6) is 1.26. The van der Waals surface area contributed by atoms with E-state index in [1.807, 2.05) is 23.3 Å². The molecule has 1 aliphatic heterocycles. The summed E-state index contributed by atoms with van der Waals surface area (Å²) in [6, 6.07) is 0. The van der Waals surface area contributed by atoms with Crippen molar-refractivity contribution in [2.75, 3.05) is 18.8 Å². The van der Waals surface area contributed by atoms with Crippen molar-refractivity contribution in [1.82, 2.24) is 10.3 Å². The number of thioether (sulfide) groups is 1. The molecule has 19 heavy (non-hydrogen) atoms. The highest BCUT2D eigenvalue weighted by Gasteiger charge is 2.34. The van der Waals surface area contributed by atoms with Crippen LogP contribution in [0.5, 0.6) is 0 Å². The molecule has 1 aliphatic carbocycles. The number of hydrogen-bond donors (Lipinski definition) is 1. The number of hydrogen-bond acceptors (Lipinski definition) is 5. The van der Waals surface area contributed by atoms with E-state index >= 15 is 0 Å². The molecule has 1 aromatic heterocycles. The summed E-state index contributed by atoms with van der Waals surface area (Å²) in [7, 11) is 0. The van der Waals surface area contributed by atoms with Crippen molar-refractivity contribution in [3.8, 4) is 0 Å². The van der Waals surface area contributed by atoms with Crippen LogP contribution in [0.1, 0.15) is 37.1 Å². The molecule has 0 bridgehead atoms. The van der Waals surface area contributed by atoms with Gasteiger partial charge in [0.1, 0.15) is 0 Å². The molecule has 1 aromatic rings. The van der Waals surface area contributed by atoms with Crippen LogP contribution in [0.4, 0.5) is 0 Å². The maximum atomic E-state index is 4.78. The van der Waals surface area contributed by atoms with E-state index < -0.39 is 0 Å². The Labute approximate surface area is 123 Å². The Bertz CT molecular complexity index is 422. The molecule has 0 saturated heterocycles. The molecule has 104 valence electrons. The Morgan fingerprint density at radius 3 is 2.84 bits per heavy atom. The van der Waals surface area contributed by atoms with Gasteiger partial charge in [-0.3, -0.25) is 4.99 Å². The van der Waals surface area contributed by atoms with Gasteiger partial charge in [0, 0.05) is 36.8 Å². The van der Waals surface area contributed by atoms with Crippen LogP contribution < -0.4 is 5.32 Å². The molecular formula is C14H21N3S2. The van der Waals surface area contributed by atoms with Crippen LogP contribution in [0.2, 0.25) is 0 Å². The van der Waals surface area contributed by atoms with Crippen molar-refractivity contribution in [1.29, 1.82) is 0 Å². The molecule has 0 radical (unpaired) electrons. The van der Waals surface area contributed by atoms with E-state index in [2.05, 4.69) is 10.3 Å². The van der Waals surface area contributed by atoms with Crippen molar-refractivity contribution in [3.63, 3.8) is 0 Å². The molecular weight excluding hydrogens is 274 g/mol. The van der Waals surface area contributed by atoms with Crippen LogP contribution in [0.3, 0.4) is 0 Å². The smallest absolute Gasteiger partial charge is 0.156 e. The first-order chi connectivity index (χ1) is 9.36. The molecule has 1 saturated carbocycles. The molecule has 1 spiro atoms. The van der Waals surface area contributed by atoms with Crippen LogP contribution in [0.25, 0.3) is 0 Å². The molecule has 0 amide bonds. The Morgan fingerprint density at radius 1 is 1.26 bits per heavy atom. The molecule has 5 heteroatoms. The van der Waals surface area contributed by atoms with Gasteiger partial charge in [0.2, 0.25) is 0 Å². The zero-order valence-corrected chi connectivity index (χ0v) is 12.9. The Morgan fingerprint density at radius 2 is 2.16 bits per heavy atom. The number of nitrogens with one attached hydrogen (secondary N) is 1. The second-order valence-electron chi connectivity index (χ2n) is 5.57.